The standard InChI is InChI=1S/C22H25ClINO5/c1-21(24,16-9-11-18(23)12-10-16)25(20(27)30-3)14-13-22(28,15-19(26)29-2)17-7-5-4-6-8-17/h4-12,28H,13-15H2,1-3H3/t21-,22?/m1/s1. The first-order valence-corrected chi connectivity index (χ1v) is 10.7. The molecular weight excluding hydrogens is 521 g/mol. The van der Waals surface area contributed by atoms with Crippen molar-refractivity contribution in [3.05, 3.63) is 70.7 Å². The number of alkyl halides is 1. The van der Waals surface area contributed by atoms with Crippen LogP contribution < -0.4 is 0 Å². The molecule has 1 unspecified atom stereocenters. The van der Waals surface area contributed by atoms with Gasteiger partial charge in [0.1, 0.15) is 9.15 Å². The van der Waals surface area contributed by atoms with Crippen molar-refractivity contribution in [3.63, 3.8) is 0 Å². The van der Waals surface area contributed by atoms with Gasteiger partial charge in [-0.3, -0.25) is 9.69 Å². The van der Waals surface area contributed by atoms with Crippen molar-refractivity contribution in [1.29, 1.82) is 0 Å². The summed E-state index contributed by atoms with van der Waals surface area (Å²) in [6.07, 6.45) is -0.676. The number of esters is 1. The van der Waals surface area contributed by atoms with Crippen molar-refractivity contribution in [2.75, 3.05) is 20.8 Å². The van der Waals surface area contributed by atoms with Crippen molar-refractivity contribution in [1.82, 2.24) is 4.90 Å². The van der Waals surface area contributed by atoms with Crippen LogP contribution in [0.5, 0.6) is 0 Å². The first kappa shape index (κ1) is 24.4. The Balaban J connectivity index is 2.35. The van der Waals surface area contributed by atoms with Gasteiger partial charge in [-0.05, 0) is 59.2 Å². The molecular formula is C22H25ClINO5. The molecule has 0 radical (unpaired) electrons. The van der Waals surface area contributed by atoms with Gasteiger partial charge in [0.25, 0.3) is 0 Å². The normalized spacial score (nSPS) is 14.9. The summed E-state index contributed by atoms with van der Waals surface area (Å²) in [6, 6.07) is 16.1. The number of aliphatic hydroxyl groups is 1. The summed E-state index contributed by atoms with van der Waals surface area (Å²) < 4.78 is 8.99. The minimum atomic E-state index is -1.51. The lowest BCUT2D eigenvalue weighted by atomic mass is 9.87. The summed E-state index contributed by atoms with van der Waals surface area (Å²) in [7, 11) is 2.58. The van der Waals surface area contributed by atoms with Gasteiger partial charge in [-0.25, -0.2) is 4.79 Å². The Morgan fingerprint density at radius 3 is 2.17 bits per heavy atom. The Labute approximate surface area is 195 Å². The fraction of sp³-hybridized carbons (Fsp3) is 0.364. The van der Waals surface area contributed by atoms with E-state index in [9.17, 15) is 14.7 Å². The van der Waals surface area contributed by atoms with Crippen LogP contribution in [0.15, 0.2) is 54.6 Å². The average Bonchev–Trinajstić information content (AvgIpc) is 2.74. The van der Waals surface area contributed by atoms with Gasteiger partial charge >= 0.3 is 12.1 Å². The highest BCUT2D eigenvalue weighted by Gasteiger charge is 2.39. The molecule has 0 aliphatic carbocycles. The second kappa shape index (κ2) is 10.5. The number of hydrogen-bond donors (Lipinski definition) is 1. The van der Waals surface area contributed by atoms with Gasteiger partial charge in [-0.2, -0.15) is 0 Å². The van der Waals surface area contributed by atoms with Crippen LogP contribution in [0.4, 0.5) is 4.79 Å². The Morgan fingerprint density at radius 2 is 1.63 bits per heavy atom. The van der Waals surface area contributed by atoms with Gasteiger partial charge < -0.3 is 14.6 Å². The van der Waals surface area contributed by atoms with Gasteiger partial charge in [0.2, 0.25) is 0 Å². The third-order valence-electron chi connectivity index (χ3n) is 5.00. The van der Waals surface area contributed by atoms with E-state index in [2.05, 4.69) is 22.6 Å². The minimum absolute atomic E-state index is 0.105. The number of ether oxygens (including phenoxy) is 2. The van der Waals surface area contributed by atoms with Crippen LogP contribution in [-0.4, -0.2) is 42.8 Å². The Hall–Kier alpha value is -1.84. The highest BCUT2D eigenvalue weighted by atomic mass is 127. The Bertz CT molecular complexity index is 860. The molecule has 0 bridgehead atoms. The molecule has 0 aliphatic rings. The quantitative estimate of drug-likeness (QED) is 0.222. The molecule has 0 saturated heterocycles. The summed E-state index contributed by atoms with van der Waals surface area (Å²) in [5, 5.41) is 12.0. The topological polar surface area (TPSA) is 76.1 Å². The molecule has 0 fully saturated rings. The van der Waals surface area contributed by atoms with E-state index in [4.69, 9.17) is 21.1 Å². The zero-order valence-electron chi connectivity index (χ0n) is 17.1. The number of rotatable bonds is 8. The Kier molecular flexibility index (Phi) is 8.52. The molecule has 2 aromatic carbocycles. The number of benzene rings is 2. The summed E-state index contributed by atoms with van der Waals surface area (Å²) in [5.41, 5.74) is -0.0937. The summed E-state index contributed by atoms with van der Waals surface area (Å²) in [6.45, 7) is 2.01. The van der Waals surface area contributed by atoms with Gasteiger partial charge in [-0.1, -0.05) is 54.1 Å². The van der Waals surface area contributed by atoms with E-state index in [-0.39, 0.29) is 19.4 Å². The molecule has 6 nitrogen and oxygen atoms in total. The van der Waals surface area contributed by atoms with Crippen molar-refractivity contribution < 1.29 is 24.2 Å². The Morgan fingerprint density at radius 1 is 1.03 bits per heavy atom. The molecule has 8 heteroatoms. The maximum atomic E-state index is 12.6. The van der Waals surface area contributed by atoms with Crippen molar-refractivity contribution in [2.24, 2.45) is 0 Å². The van der Waals surface area contributed by atoms with Gasteiger partial charge in [-0.15, -0.1) is 0 Å². The number of carbonyl (C=O) groups excluding carboxylic acids is 2. The van der Waals surface area contributed by atoms with Crippen molar-refractivity contribution in [3.8, 4) is 0 Å². The molecule has 0 heterocycles. The first-order chi connectivity index (χ1) is 14.1. The number of hydrogen-bond acceptors (Lipinski definition) is 5. The number of methoxy groups -OCH3 is 2. The second-order valence-corrected chi connectivity index (χ2v) is 9.52. The van der Waals surface area contributed by atoms with Crippen LogP contribution in [0.1, 0.15) is 30.9 Å². The summed E-state index contributed by atoms with van der Waals surface area (Å²) >= 11 is 8.16. The predicted octanol–water partition coefficient (Wildman–Crippen LogP) is 4.86. The zero-order chi connectivity index (χ0) is 22.4. The molecule has 1 N–H and O–H groups in total. The molecule has 0 aliphatic heterocycles. The fourth-order valence-electron chi connectivity index (χ4n) is 3.18. The van der Waals surface area contributed by atoms with Gasteiger partial charge in [0.15, 0.2) is 0 Å². The third-order valence-corrected chi connectivity index (χ3v) is 6.45. The van der Waals surface area contributed by atoms with E-state index in [0.717, 1.165) is 5.56 Å². The van der Waals surface area contributed by atoms with E-state index in [0.29, 0.717) is 10.6 Å². The van der Waals surface area contributed by atoms with Crippen molar-refractivity contribution in [2.45, 2.75) is 28.9 Å². The van der Waals surface area contributed by atoms with Gasteiger partial charge in [0.05, 0.1) is 20.6 Å². The SMILES string of the molecule is COC(=O)CC(O)(CCN(C(=O)OC)[C@@](C)(I)c1ccc(Cl)cc1)c1ccccc1. The summed E-state index contributed by atoms with van der Waals surface area (Å²) in [5.74, 6) is -0.541. The molecule has 1 amide bonds. The molecule has 162 valence electrons. The van der Waals surface area contributed by atoms with Crippen LogP contribution in [-0.2, 0) is 23.4 Å². The van der Waals surface area contributed by atoms with Crippen LogP contribution in [0.3, 0.4) is 0 Å². The van der Waals surface area contributed by atoms with E-state index in [1.54, 1.807) is 36.4 Å². The second-order valence-electron chi connectivity index (χ2n) is 6.98. The lowest BCUT2D eigenvalue weighted by Crippen LogP contribution is -2.46. The lowest BCUT2D eigenvalue weighted by molar-refractivity contribution is -0.147. The maximum absolute atomic E-state index is 12.6. The maximum Gasteiger partial charge on any atom is 0.410 e. The molecule has 0 spiro atoms. The van der Waals surface area contributed by atoms with Gasteiger partial charge in [0, 0.05) is 11.6 Å². The smallest absolute Gasteiger partial charge is 0.410 e. The molecule has 0 saturated carbocycles. The van der Waals surface area contributed by atoms with Crippen LogP contribution in [0.25, 0.3) is 0 Å². The van der Waals surface area contributed by atoms with E-state index < -0.39 is 21.2 Å². The number of halogens is 2. The minimum Gasteiger partial charge on any atom is -0.469 e. The molecule has 0 aromatic heterocycles. The molecule has 2 aromatic rings. The zero-order valence-corrected chi connectivity index (χ0v) is 20.0. The monoisotopic (exact) mass is 545 g/mol. The van der Waals surface area contributed by atoms with Crippen LogP contribution in [0.2, 0.25) is 5.02 Å². The number of amides is 1. The first-order valence-electron chi connectivity index (χ1n) is 9.29. The highest BCUT2D eigenvalue weighted by molar-refractivity contribution is 14.1. The molecule has 2 atom stereocenters. The highest BCUT2D eigenvalue weighted by Crippen LogP contribution is 2.38. The predicted molar refractivity (Wildman–Crippen MR) is 124 cm³/mol. The van der Waals surface area contributed by atoms with Crippen LogP contribution in [0, 0.1) is 0 Å². The average molecular weight is 546 g/mol. The largest absolute Gasteiger partial charge is 0.469 e. The summed E-state index contributed by atoms with van der Waals surface area (Å²) in [4.78, 5) is 26.1. The lowest BCUT2D eigenvalue weighted by Gasteiger charge is -2.38. The number of carbonyl (C=O) groups is 2. The van der Waals surface area contributed by atoms with E-state index in [1.807, 2.05) is 25.1 Å². The third kappa shape index (κ3) is 5.86. The van der Waals surface area contributed by atoms with Crippen molar-refractivity contribution >= 4 is 46.3 Å². The van der Waals surface area contributed by atoms with E-state index >= 15 is 0 Å². The van der Waals surface area contributed by atoms with Crippen LogP contribution >= 0.6 is 34.2 Å². The molecule has 30 heavy (non-hydrogen) atoms. The fourth-order valence-corrected chi connectivity index (χ4v) is 4.11. The molecule has 2 rings (SSSR count). The van der Waals surface area contributed by atoms with E-state index in [1.165, 1.54) is 19.1 Å². The number of nitrogens with zero attached hydrogens (tertiary/aromatic N) is 1.